The van der Waals surface area contributed by atoms with Crippen molar-refractivity contribution in [3.63, 3.8) is 0 Å². The summed E-state index contributed by atoms with van der Waals surface area (Å²) in [5.41, 5.74) is 1.86. The number of carbonyl (C=O) groups is 1. The molecule has 0 fully saturated rings. The van der Waals surface area contributed by atoms with Crippen LogP contribution in [0, 0.1) is 0 Å². The Morgan fingerprint density at radius 1 is 1.04 bits per heavy atom. The lowest BCUT2D eigenvalue weighted by molar-refractivity contribution is 0.0946. The van der Waals surface area contributed by atoms with Gasteiger partial charge in [-0.3, -0.25) is 4.79 Å². The topological polar surface area (TPSA) is 82.8 Å². The van der Waals surface area contributed by atoms with Crippen molar-refractivity contribution in [2.24, 2.45) is 0 Å². The fourth-order valence-electron chi connectivity index (χ4n) is 2.62. The summed E-state index contributed by atoms with van der Waals surface area (Å²) in [4.78, 5) is 12.5. The first-order chi connectivity index (χ1) is 13.2. The Morgan fingerprint density at radius 2 is 1.81 bits per heavy atom. The second kappa shape index (κ2) is 8.27. The number of nitrogens with zero attached hydrogens (tertiary/aromatic N) is 1. The molecule has 0 saturated heterocycles. The van der Waals surface area contributed by atoms with Crippen molar-refractivity contribution in [3.05, 3.63) is 59.8 Å². The molecule has 0 unspecified atom stereocenters. The van der Waals surface area contributed by atoms with E-state index in [-0.39, 0.29) is 12.5 Å². The monoisotopic (exact) mass is 368 g/mol. The number of ether oxygens (including phenoxy) is 3. The average Bonchev–Trinajstić information content (AvgIpc) is 3.20. The average molecular weight is 368 g/mol. The van der Waals surface area contributed by atoms with Crippen molar-refractivity contribution in [2.75, 3.05) is 21.3 Å². The van der Waals surface area contributed by atoms with Crippen molar-refractivity contribution in [2.45, 2.75) is 6.54 Å². The van der Waals surface area contributed by atoms with Crippen LogP contribution in [0.1, 0.15) is 16.1 Å². The molecule has 1 amide bonds. The highest BCUT2D eigenvalue weighted by Gasteiger charge is 2.16. The molecule has 0 radical (unpaired) electrons. The smallest absolute Gasteiger partial charge is 0.255 e. The van der Waals surface area contributed by atoms with E-state index in [1.165, 1.54) is 14.2 Å². The van der Waals surface area contributed by atoms with E-state index in [1.807, 2.05) is 24.3 Å². The van der Waals surface area contributed by atoms with Gasteiger partial charge in [0.05, 0.1) is 33.4 Å². The molecule has 3 rings (SSSR count). The fourth-order valence-corrected chi connectivity index (χ4v) is 2.62. The van der Waals surface area contributed by atoms with Crippen molar-refractivity contribution in [3.8, 4) is 28.6 Å². The number of rotatable bonds is 7. The van der Waals surface area contributed by atoms with Gasteiger partial charge in [-0.15, -0.1) is 0 Å². The maximum Gasteiger partial charge on any atom is 0.255 e. The van der Waals surface area contributed by atoms with E-state index < -0.39 is 0 Å². The lowest BCUT2D eigenvalue weighted by atomic mass is 10.1. The van der Waals surface area contributed by atoms with Crippen LogP contribution in [0.25, 0.3) is 11.3 Å². The fraction of sp³-hybridized carbons (Fsp3) is 0.200. The lowest BCUT2D eigenvalue weighted by Gasteiger charge is -2.12. The minimum atomic E-state index is -0.292. The number of nitrogens with one attached hydrogen (secondary N) is 1. The van der Waals surface area contributed by atoms with E-state index in [9.17, 15) is 4.79 Å². The normalized spacial score (nSPS) is 10.3. The lowest BCUT2D eigenvalue weighted by Crippen LogP contribution is -2.23. The number of para-hydroxylation sites is 1. The molecule has 0 atom stereocenters. The van der Waals surface area contributed by atoms with E-state index in [2.05, 4.69) is 10.5 Å². The third-order valence-corrected chi connectivity index (χ3v) is 4.01. The van der Waals surface area contributed by atoms with Crippen LogP contribution in [0.15, 0.2) is 53.1 Å². The van der Waals surface area contributed by atoms with E-state index >= 15 is 0 Å². The maximum absolute atomic E-state index is 12.5. The van der Waals surface area contributed by atoms with Gasteiger partial charge in [-0.25, -0.2) is 0 Å². The Hall–Kier alpha value is -3.48. The summed E-state index contributed by atoms with van der Waals surface area (Å²) in [6, 6.07) is 14.4. The van der Waals surface area contributed by atoms with Crippen LogP contribution < -0.4 is 19.5 Å². The van der Waals surface area contributed by atoms with E-state index in [0.717, 1.165) is 11.3 Å². The van der Waals surface area contributed by atoms with Crippen LogP contribution in [0.3, 0.4) is 0 Å². The van der Waals surface area contributed by atoms with Crippen LogP contribution in [-0.2, 0) is 6.54 Å². The third-order valence-electron chi connectivity index (χ3n) is 4.01. The molecule has 1 heterocycles. The molecule has 27 heavy (non-hydrogen) atoms. The maximum atomic E-state index is 12.5. The van der Waals surface area contributed by atoms with Gasteiger partial charge in [-0.05, 0) is 36.4 Å². The van der Waals surface area contributed by atoms with Gasteiger partial charge in [0.15, 0.2) is 17.3 Å². The molecule has 0 bridgehead atoms. The molecular weight excluding hydrogens is 348 g/mol. The van der Waals surface area contributed by atoms with Gasteiger partial charge in [-0.1, -0.05) is 11.2 Å². The van der Waals surface area contributed by atoms with Gasteiger partial charge >= 0.3 is 0 Å². The minimum absolute atomic E-state index is 0.221. The number of hydrogen-bond donors (Lipinski definition) is 1. The van der Waals surface area contributed by atoms with E-state index in [0.29, 0.717) is 28.5 Å². The number of benzene rings is 2. The number of methoxy groups -OCH3 is 3. The molecule has 0 spiro atoms. The third kappa shape index (κ3) is 4.03. The predicted molar refractivity (Wildman–Crippen MR) is 99.2 cm³/mol. The van der Waals surface area contributed by atoms with Gasteiger partial charge in [0, 0.05) is 11.6 Å². The molecule has 0 aliphatic heterocycles. The standard InChI is InChI=1S/C20H20N2O5/c1-24-15-9-7-13(8-10-15)18-11-14(22-27-18)12-21-20(23)16-5-4-6-17(25-2)19(16)26-3/h4-11H,12H2,1-3H3,(H,21,23). The van der Waals surface area contributed by atoms with Crippen LogP contribution in [-0.4, -0.2) is 32.4 Å². The zero-order chi connectivity index (χ0) is 19.2. The first-order valence-electron chi connectivity index (χ1n) is 8.25. The summed E-state index contributed by atoms with van der Waals surface area (Å²) >= 11 is 0. The molecule has 7 heteroatoms. The summed E-state index contributed by atoms with van der Waals surface area (Å²) in [7, 11) is 4.63. The molecule has 3 aromatic rings. The highest BCUT2D eigenvalue weighted by atomic mass is 16.5. The number of aromatic nitrogens is 1. The molecule has 1 N–H and O–H groups in total. The highest BCUT2D eigenvalue weighted by Crippen LogP contribution is 2.30. The number of carbonyl (C=O) groups excluding carboxylic acids is 1. The number of amides is 1. The van der Waals surface area contributed by atoms with Gasteiger partial charge in [-0.2, -0.15) is 0 Å². The van der Waals surface area contributed by atoms with Crippen LogP contribution in [0.5, 0.6) is 17.2 Å². The van der Waals surface area contributed by atoms with Gasteiger partial charge < -0.3 is 24.1 Å². The van der Waals surface area contributed by atoms with Crippen LogP contribution in [0.4, 0.5) is 0 Å². The van der Waals surface area contributed by atoms with E-state index in [4.69, 9.17) is 18.7 Å². The minimum Gasteiger partial charge on any atom is -0.497 e. The number of hydrogen-bond acceptors (Lipinski definition) is 6. The summed E-state index contributed by atoms with van der Waals surface area (Å²) in [6.07, 6.45) is 0. The summed E-state index contributed by atoms with van der Waals surface area (Å²) in [6.45, 7) is 0.221. The Balaban J connectivity index is 1.69. The molecule has 0 saturated carbocycles. The molecular formula is C20H20N2O5. The quantitative estimate of drug-likeness (QED) is 0.689. The van der Waals surface area contributed by atoms with Gasteiger partial charge in [0.2, 0.25) is 0 Å². The Kier molecular flexibility index (Phi) is 5.61. The Labute approximate surface area is 156 Å². The van der Waals surface area contributed by atoms with Crippen LogP contribution >= 0.6 is 0 Å². The van der Waals surface area contributed by atoms with Crippen molar-refractivity contribution >= 4 is 5.91 Å². The highest BCUT2D eigenvalue weighted by molar-refractivity contribution is 5.97. The summed E-state index contributed by atoms with van der Waals surface area (Å²) < 4.78 is 21.0. The second-order valence-electron chi connectivity index (χ2n) is 5.63. The van der Waals surface area contributed by atoms with Crippen molar-refractivity contribution in [1.82, 2.24) is 10.5 Å². The Morgan fingerprint density at radius 3 is 2.48 bits per heavy atom. The molecule has 2 aromatic carbocycles. The summed E-state index contributed by atoms with van der Waals surface area (Å²) in [5, 5.41) is 6.81. The SMILES string of the molecule is COc1ccc(-c2cc(CNC(=O)c3cccc(OC)c3OC)no2)cc1. The Bertz CT molecular complexity index is 918. The van der Waals surface area contributed by atoms with Crippen LogP contribution in [0.2, 0.25) is 0 Å². The molecule has 1 aromatic heterocycles. The molecule has 0 aliphatic rings. The van der Waals surface area contributed by atoms with Crippen molar-refractivity contribution < 1.29 is 23.5 Å². The van der Waals surface area contributed by atoms with Gasteiger partial charge in [0.25, 0.3) is 5.91 Å². The first kappa shape index (κ1) is 18.3. The molecule has 0 aliphatic carbocycles. The van der Waals surface area contributed by atoms with E-state index in [1.54, 1.807) is 31.4 Å². The zero-order valence-corrected chi connectivity index (χ0v) is 15.3. The molecule has 140 valence electrons. The predicted octanol–water partition coefficient (Wildman–Crippen LogP) is 3.30. The van der Waals surface area contributed by atoms with Gasteiger partial charge in [0.1, 0.15) is 11.4 Å². The summed E-state index contributed by atoms with van der Waals surface area (Å²) in [5.74, 6) is 1.96. The molecule has 7 nitrogen and oxygen atoms in total. The first-order valence-corrected chi connectivity index (χ1v) is 8.25. The zero-order valence-electron chi connectivity index (χ0n) is 15.3. The second-order valence-corrected chi connectivity index (χ2v) is 5.63. The largest absolute Gasteiger partial charge is 0.497 e. The van der Waals surface area contributed by atoms with Crippen molar-refractivity contribution in [1.29, 1.82) is 0 Å².